The van der Waals surface area contributed by atoms with Crippen LogP contribution in [0.25, 0.3) is 10.9 Å². The monoisotopic (exact) mass is 406 g/mol. The summed E-state index contributed by atoms with van der Waals surface area (Å²) in [7, 11) is 3.42. The van der Waals surface area contributed by atoms with Crippen molar-refractivity contribution in [3.05, 3.63) is 54.6 Å². The number of para-hydroxylation sites is 2. The minimum Gasteiger partial charge on any atom is -0.497 e. The number of nitrogens with one attached hydrogen (secondary N) is 1. The first-order valence-electron chi connectivity index (χ1n) is 10.6. The fraction of sp³-hybridized carbons (Fsp3) is 0.375. The van der Waals surface area contributed by atoms with Crippen LogP contribution in [0.5, 0.6) is 11.5 Å². The molecule has 2 aromatic carbocycles. The summed E-state index contributed by atoms with van der Waals surface area (Å²) in [5.74, 6) is 2.74. The van der Waals surface area contributed by atoms with Crippen LogP contribution in [0.15, 0.2) is 54.6 Å². The lowest BCUT2D eigenvalue weighted by molar-refractivity contribution is 0.256. The lowest BCUT2D eigenvalue weighted by atomic mass is 10.2. The Morgan fingerprint density at radius 2 is 1.77 bits per heavy atom. The average molecular weight is 407 g/mol. The Morgan fingerprint density at radius 1 is 0.933 bits per heavy atom. The SMILES string of the molecule is COc1ccc2nc(NCCCN3CCN(c4ccccc4OC)CC3)ccc2c1. The van der Waals surface area contributed by atoms with Gasteiger partial charge in [-0.25, -0.2) is 4.98 Å². The van der Waals surface area contributed by atoms with Gasteiger partial charge >= 0.3 is 0 Å². The van der Waals surface area contributed by atoms with Crippen LogP contribution >= 0.6 is 0 Å². The number of benzene rings is 2. The molecule has 1 aliphatic rings. The molecule has 0 saturated carbocycles. The molecular weight excluding hydrogens is 376 g/mol. The molecule has 1 saturated heterocycles. The number of hydrogen-bond donors (Lipinski definition) is 1. The molecule has 158 valence electrons. The molecule has 2 heterocycles. The van der Waals surface area contributed by atoms with E-state index in [2.05, 4.69) is 33.3 Å². The summed E-state index contributed by atoms with van der Waals surface area (Å²) >= 11 is 0. The number of methoxy groups -OCH3 is 2. The number of ether oxygens (including phenoxy) is 2. The lowest BCUT2D eigenvalue weighted by Gasteiger charge is -2.36. The Balaban J connectivity index is 1.21. The van der Waals surface area contributed by atoms with Crippen LogP contribution in [-0.2, 0) is 0 Å². The van der Waals surface area contributed by atoms with E-state index in [9.17, 15) is 0 Å². The molecule has 1 aromatic heterocycles. The zero-order valence-electron chi connectivity index (χ0n) is 17.8. The van der Waals surface area contributed by atoms with Crippen molar-refractivity contribution in [3.63, 3.8) is 0 Å². The zero-order valence-corrected chi connectivity index (χ0v) is 17.8. The highest BCUT2D eigenvalue weighted by Gasteiger charge is 2.19. The fourth-order valence-electron chi connectivity index (χ4n) is 3.95. The molecule has 0 unspecified atom stereocenters. The molecule has 6 heteroatoms. The molecule has 6 nitrogen and oxygen atoms in total. The third kappa shape index (κ3) is 4.76. The van der Waals surface area contributed by atoms with Crippen LogP contribution in [0, 0.1) is 0 Å². The summed E-state index contributed by atoms with van der Waals surface area (Å²) in [6.07, 6.45) is 1.09. The minimum atomic E-state index is 0.857. The van der Waals surface area contributed by atoms with E-state index in [4.69, 9.17) is 14.5 Å². The number of anilines is 2. The van der Waals surface area contributed by atoms with Gasteiger partial charge in [-0.05, 0) is 55.4 Å². The van der Waals surface area contributed by atoms with Gasteiger partial charge in [0.05, 0.1) is 25.4 Å². The van der Waals surface area contributed by atoms with E-state index in [1.54, 1.807) is 14.2 Å². The molecule has 0 bridgehead atoms. The van der Waals surface area contributed by atoms with Crippen LogP contribution in [0.1, 0.15) is 6.42 Å². The summed E-state index contributed by atoms with van der Waals surface area (Å²) in [6.45, 7) is 6.23. The van der Waals surface area contributed by atoms with Crippen molar-refractivity contribution in [2.24, 2.45) is 0 Å². The normalized spacial score (nSPS) is 14.7. The van der Waals surface area contributed by atoms with Gasteiger partial charge in [-0.3, -0.25) is 4.90 Å². The molecule has 1 fully saturated rings. The highest BCUT2D eigenvalue weighted by molar-refractivity contribution is 5.81. The van der Waals surface area contributed by atoms with E-state index in [0.717, 1.165) is 73.9 Å². The third-order valence-electron chi connectivity index (χ3n) is 5.65. The molecule has 0 aliphatic carbocycles. The summed E-state index contributed by atoms with van der Waals surface area (Å²) in [4.78, 5) is 9.65. The molecule has 1 N–H and O–H groups in total. The summed E-state index contributed by atoms with van der Waals surface area (Å²) in [5.41, 5.74) is 2.18. The smallest absolute Gasteiger partial charge is 0.142 e. The maximum atomic E-state index is 5.51. The second-order valence-corrected chi connectivity index (χ2v) is 7.54. The van der Waals surface area contributed by atoms with Crippen molar-refractivity contribution >= 4 is 22.4 Å². The molecule has 3 aromatic rings. The largest absolute Gasteiger partial charge is 0.497 e. The Hall–Kier alpha value is -2.99. The van der Waals surface area contributed by atoms with Crippen LogP contribution < -0.4 is 19.7 Å². The molecule has 0 amide bonds. The number of rotatable bonds is 8. The summed E-state index contributed by atoms with van der Waals surface area (Å²) in [6, 6.07) is 18.4. The predicted octanol–water partition coefficient (Wildman–Crippen LogP) is 3.88. The van der Waals surface area contributed by atoms with Gasteiger partial charge < -0.3 is 19.7 Å². The standard InChI is InChI=1S/C24H30N4O2/c1-29-20-9-10-21-19(18-20)8-11-24(26-21)25-12-5-13-27-14-16-28(17-15-27)22-6-3-4-7-23(22)30-2/h3-4,6-11,18H,5,12-17H2,1-2H3,(H,25,26). The van der Waals surface area contributed by atoms with E-state index in [1.807, 2.05) is 36.4 Å². The van der Waals surface area contributed by atoms with Gasteiger partial charge in [-0.2, -0.15) is 0 Å². The summed E-state index contributed by atoms with van der Waals surface area (Å²) in [5, 5.41) is 4.55. The van der Waals surface area contributed by atoms with E-state index in [1.165, 1.54) is 5.69 Å². The van der Waals surface area contributed by atoms with Gasteiger partial charge in [0.25, 0.3) is 0 Å². The molecule has 0 radical (unpaired) electrons. The number of aromatic nitrogens is 1. The van der Waals surface area contributed by atoms with E-state index in [0.29, 0.717) is 0 Å². The van der Waals surface area contributed by atoms with Crippen LogP contribution in [0.2, 0.25) is 0 Å². The van der Waals surface area contributed by atoms with Crippen LogP contribution in [0.4, 0.5) is 11.5 Å². The van der Waals surface area contributed by atoms with Crippen LogP contribution in [-0.4, -0.2) is 63.4 Å². The zero-order chi connectivity index (χ0) is 20.8. The molecule has 30 heavy (non-hydrogen) atoms. The maximum absolute atomic E-state index is 5.51. The first kappa shape index (κ1) is 20.3. The maximum Gasteiger partial charge on any atom is 0.142 e. The van der Waals surface area contributed by atoms with Crippen molar-refractivity contribution in [1.82, 2.24) is 9.88 Å². The highest BCUT2D eigenvalue weighted by atomic mass is 16.5. The second kappa shape index (κ2) is 9.67. The third-order valence-corrected chi connectivity index (χ3v) is 5.65. The number of pyridine rings is 1. The number of fused-ring (bicyclic) bond motifs is 1. The van der Waals surface area contributed by atoms with Crippen molar-refractivity contribution in [2.75, 3.05) is 63.7 Å². The second-order valence-electron chi connectivity index (χ2n) is 7.54. The highest BCUT2D eigenvalue weighted by Crippen LogP contribution is 2.28. The Kier molecular flexibility index (Phi) is 6.54. The average Bonchev–Trinajstić information content (AvgIpc) is 2.81. The predicted molar refractivity (Wildman–Crippen MR) is 123 cm³/mol. The van der Waals surface area contributed by atoms with Gasteiger partial charge in [-0.1, -0.05) is 12.1 Å². The van der Waals surface area contributed by atoms with Crippen molar-refractivity contribution in [2.45, 2.75) is 6.42 Å². The molecule has 4 rings (SSSR count). The minimum absolute atomic E-state index is 0.857. The van der Waals surface area contributed by atoms with Crippen molar-refractivity contribution in [3.8, 4) is 11.5 Å². The first-order valence-corrected chi connectivity index (χ1v) is 10.6. The van der Waals surface area contributed by atoms with Gasteiger partial charge in [-0.15, -0.1) is 0 Å². The van der Waals surface area contributed by atoms with Gasteiger partial charge in [0.1, 0.15) is 17.3 Å². The molecule has 1 aliphatic heterocycles. The van der Waals surface area contributed by atoms with E-state index < -0.39 is 0 Å². The Labute approximate surface area is 178 Å². The first-order chi connectivity index (χ1) is 14.8. The molecule has 0 spiro atoms. The lowest BCUT2D eigenvalue weighted by Crippen LogP contribution is -2.46. The van der Waals surface area contributed by atoms with Gasteiger partial charge in [0.15, 0.2) is 0 Å². The fourth-order valence-corrected chi connectivity index (χ4v) is 3.95. The molecular formula is C24H30N4O2. The van der Waals surface area contributed by atoms with Gasteiger partial charge in [0, 0.05) is 38.1 Å². The summed E-state index contributed by atoms with van der Waals surface area (Å²) < 4.78 is 10.8. The number of nitrogens with zero attached hydrogens (tertiary/aromatic N) is 3. The van der Waals surface area contributed by atoms with Gasteiger partial charge in [0.2, 0.25) is 0 Å². The van der Waals surface area contributed by atoms with E-state index >= 15 is 0 Å². The Bertz CT molecular complexity index is 970. The van der Waals surface area contributed by atoms with Crippen molar-refractivity contribution < 1.29 is 9.47 Å². The quantitative estimate of drug-likeness (QED) is 0.573. The van der Waals surface area contributed by atoms with Crippen LogP contribution in [0.3, 0.4) is 0 Å². The Morgan fingerprint density at radius 3 is 2.57 bits per heavy atom. The van der Waals surface area contributed by atoms with Crippen molar-refractivity contribution in [1.29, 1.82) is 0 Å². The topological polar surface area (TPSA) is 49.9 Å². The van der Waals surface area contributed by atoms with E-state index in [-0.39, 0.29) is 0 Å². The molecule has 0 atom stereocenters. The number of hydrogen-bond acceptors (Lipinski definition) is 6. The number of piperazine rings is 1.